The van der Waals surface area contributed by atoms with Gasteiger partial charge in [0, 0.05) is 15.8 Å². The molecule has 1 aromatic heterocycles. The van der Waals surface area contributed by atoms with E-state index in [2.05, 4.69) is 41.7 Å². The molecule has 92 valence electrons. The van der Waals surface area contributed by atoms with Crippen LogP contribution in [0.1, 0.15) is 37.8 Å². The van der Waals surface area contributed by atoms with Gasteiger partial charge < -0.3 is 4.42 Å². The monoisotopic (exact) mass is 315 g/mol. The van der Waals surface area contributed by atoms with Crippen LogP contribution in [0.4, 0.5) is 0 Å². The lowest BCUT2D eigenvalue weighted by Gasteiger charge is -2.11. The lowest BCUT2D eigenvalue weighted by molar-refractivity contribution is 0.410. The lowest BCUT2D eigenvalue weighted by Crippen LogP contribution is -2.10. The molecule has 0 amide bonds. The molecule has 2 aromatic rings. The Morgan fingerprint density at radius 2 is 2.06 bits per heavy atom. The smallest absolute Gasteiger partial charge is 0.200 e. The quantitative estimate of drug-likeness (QED) is 0.693. The summed E-state index contributed by atoms with van der Waals surface area (Å²) in [6, 6.07) is 1.87. The van der Waals surface area contributed by atoms with Gasteiger partial charge in [-0.3, -0.25) is 0 Å². The standard InChI is InChI=1S/C13H15BrClNO/c1-7-8(6-14)9(15)5-10-11(7)17-12(16-10)13(2,3)4/h5H,6H2,1-4H3. The van der Waals surface area contributed by atoms with Crippen LogP contribution in [0.3, 0.4) is 0 Å². The first kappa shape index (κ1) is 12.9. The van der Waals surface area contributed by atoms with Crippen molar-refractivity contribution in [1.82, 2.24) is 4.98 Å². The molecule has 0 radical (unpaired) electrons. The molecule has 0 unspecified atom stereocenters. The second-order valence-corrected chi connectivity index (χ2v) is 6.18. The summed E-state index contributed by atoms with van der Waals surface area (Å²) in [6.07, 6.45) is 0. The largest absolute Gasteiger partial charge is 0.440 e. The zero-order valence-corrected chi connectivity index (χ0v) is 12.7. The fraction of sp³-hybridized carbons (Fsp3) is 0.462. The minimum absolute atomic E-state index is 0.0908. The molecular weight excluding hydrogens is 302 g/mol. The number of halogens is 2. The number of hydrogen-bond donors (Lipinski definition) is 0. The molecule has 0 aliphatic carbocycles. The summed E-state index contributed by atoms with van der Waals surface area (Å²) in [7, 11) is 0. The molecule has 0 bridgehead atoms. The lowest BCUT2D eigenvalue weighted by atomic mass is 9.97. The Labute approximate surface area is 114 Å². The van der Waals surface area contributed by atoms with Crippen LogP contribution in [0.2, 0.25) is 5.02 Å². The first-order chi connectivity index (χ1) is 7.84. The van der Waals surface area contributed by atoms with Crippen molar-refractivity contribution in [3.8, 4) is 0 Å². The first-order valence-electron chi connectivity index (χ1n) is 5.49. The molecule has 0 saturated heterocycles. The highest BCUT2D eigenvalue weighted by atomic mass is 79.9. The minimum atomic E-state index is -0.0908. The van der Waals surface area contributed by atoms with Gasteiger partial charge in [-0.25, -0.2) is 4.98 Å². The van der Waals surface area contributed by atoms with Crippen LogP contribution in [0, 0.1) is 6.92 Å². The molecule has 0 N–H and O–H groups in total. The van der Waals surface area contributed by atoms with E-state index in [-0.39, 0.29) is 5.41 Å². The Bertz CT molecular complexity index is 569. The van der Waals surface area contributed by atoms with E-state index in [0.717, 1.165) is 38.5 Å². The Kier molecular flexibility index (Phi) is 3.25. The van der Waals surface area contributed by atoms with Gasteiger partial charge in [0.2, 0.25) is 5.89 Å². The van der Waals surface area contributed by atoms with Crippen molar-refractivity contribution in [2.45, 2.75) is 38.4 Å². The Morgan fingerprint density at radius 3 is 2.59 bits per heavy atom. The molecule has 2 rings (SSSR count). The van der Waals surface area contributed by atoms with E-state index in [1.54, 1.807) is 0 Å². The van der Waals surface area contributed by atoms with Gasteiger partial charge in [0.25, 0.3) is 0 Å². The molecule has 1 aromatic carbocycles. The third kappa shape index (κ3) is 2.23. The van der Waals surface area contributed by atoms with Gasteiger partial charge in [0.1, 0.15) is 5.52 Å². The van der Waals surface area contributed by atoms with Crippen molar-refractivity contribution in [3.05, 3.63) is 28.1 Å². The number of aromatic nitrogens is 1. The van der Waals surface area contributed by atoms with Crippen LogP contribution >= 0.6 is 27.5 Å². The topological polar surface area (TPSA) is 26.0 Å². The number of nitrogens with zero attached hydrogens (tertiary/aromatic N) is 1. The molecule has 4 heteroatoms. The Hall–Kier alpha value is -0.540. The normalized spacial score (nSPS) is 12.4. The summed E-state index contributed by atoms with van der Waals surface area (Å²) >= 11 is 9.67. The highest BCUT2D eigenvalue weighted by Crippen LogP contribution is 2.33. The molecule has 1 heterocycles. The van der Waals surface area contributed by atoms with E-state index < -0.39 is 0 Å². The molecule has 0 fully saturated rings. The fourth-order valence-electron chi connectivity index (χ4n) is 1.71. The summed E-state index contributed by atoms with van der Waals surface area (Å²) in [5.41, 5.74) is 3.71. The highest BCUT2D eigenvalue weighted by Gasteiger charge is 2.22. The molecule has 0 atom stereocenters. The van der Waals surface area contributed by atoms with E-state index >= 15 is 0 Å². The minimum Gasteiger partial charge on any atom is -0.440 e. The average Bonchev–Trinajstić information content (AvgIpc) is 2.61. The maximum absolute atomic E-state index is 6.22. The average molecular weight is 317 g/mol. The van der Waals surface area contributed by atoms with Crippen LogP contribution in [0.5, 0.6) is 0 Å². The van der Waals surface area contributed by atoms with Crippen molar-refractivity contribution in [1.29, 1.82) is 0 Å². The third-order valence-electron chi connectivity index (χ3n) is 2.77. The van der Waals surface area contributed by atoms with E-state index in [1.807, 2.05) is 13.0 Å². The summed E-state index contributed by atoms with van der Waals surface area (Å²) in [5.74, 6) is 0.749. The molecule has 0 saturated carbocycles. The molecular formula is C13H15BrClNO. The van der Waals surface area contributed by atoms with Gasteiger partial charge >= 0.3 is 0 Å². The van der Waals surface area contributed by atoms with Crippen molar-refractivity contribution >= 4 is 38.6 Å². The van der Waals surface area contributed by atoms with Gasteiger partial charge in [0.05, 0.1) is 0 Å². The van der Waals surface area contributed by atoms with Crippen molar-refractivity contribution in [2.75, 3.05) is 0 Å². The number of hydrogen-bond acceptors (Lipinski definition) is 2. The van der Waals surface area contributed by atoms with Crippen LogP contribution < -0.4 is 0 Å². The van der Waals surface area contributed by atoms with E-state index in [9.17, 15) is 0 Å². The van der Waals surface area contributed by atoms with Crippen LogP contribution in [0.15, 0.2) is 10.5 Å². The van der Waals surface area contributed by atoms with Crippen LogP contribution in [0.25, 0.3) is 11.1 Å². The number of benzene rings is 1. The van der Waals surface area contributed by atoms with Gasteiger partial charge in [0.15, 0.2) is 5.58 Å². The number of rotatable bonds is 1. The number of oxazole rings is 1. The van der Waals surface area contributed by atoms with Crippen LogP contribution in [-0.2, 0) is 10.7 Å². The van der Waals surface area contributed by atoms with Crippen molar-refractivity contribution in [2.24, 2.45) is 0 Å². The summed E-state index contributed by atoms with van der Waals surface area (Å²) in [6.45, 7) is 8.27. The van der Waals surface area contributed by atoms with Gasteiger partial charge in [-0.1, -0.05) is 48.3 Å². The Balaban J connectivity index is 2.74. The number of fused-ring (bicyclic) bond motifs is 1. The summed E-state index contributed by atoms with van der Waals surface area (Å²) in [4.78, 5) is 4.51. The van der Waals surface area contributed by atoms with E-state index in [0.29, 0.717) is 0 Å². The summed E-state index contributed by atoms with van der Waals surface area (Å²) < 4.78 is 5.87. The van der Waals surface area contributed by atoms with Gasteiger partial charge in [-0.05, 0) is 24.1 Å². The highest BCUT2D eigenvalue weighted by molar-refractivity contribution is 9.08. The van der Waals surface area contributed by atoms with E-state index in [1.165, 1.54) is 0 Å². The molecule has 0 spiro atoms. The number of alkyl halides is 1. The molecule has 0 aliphatic heterocycles. The first-order valence-corrected chi connectivity index (χ1v) is 6.99. The maximum Gasteiger partial charge on any atom is 0.200 e. The predicted molar refractivity (Wildman–Crippen MR) is 75.1 cm³/mol. The molecule has 2 nitrogen and oxygen atoms in total. The molecule has 17 heavy (non-hydrogen) atoms. The third-order valence-corrected chi connectivity index (χ3v) is 3.67. The van der Waals surface area contributed by atoms with Gasteiger partial charge in [-0.2, -0.15) is 0 Å². The van der Waals surface area contributed by atoms with Gasteiger partial charge in [-0.15, -0.1) is 0 Å². The zero-order valence-electron chi connectivity index (χ0n) is 10.4. The zero-order chi connectivity index (χ0) is 12.8. The predicted octanol–water partition coefficient (Wildman–Crippen LogP) is 4.98. The van der Waals surface area contributed by atoms with Crippen molar-refractivity contribution < 1.29 is 4.42 Å². The maximum atomic E-state index is 6.22. The second kappa shape index (κ2) is 4.29. The van der Waals surface area contributed by atoms with Crippen molar-refractivity contribution in [3.63, 3.8) is 0 Å². The second-order valence-electron chi connectivity index (χ2n) is 5.21. The Morgan fingerprint density at radius 1 is 1.41 bits per heavy atom. The number of aryl methyl sites for hydroxylation is 1. The fourth-order valence-corrected chi connectivity index (χ4v) is 2.90. The van der Waals surface area contributed by atoms with E-state index in [4.69, 9.17) is 16.0 Å². The summed E-state index contributed by atoms with van der Waals surface area (Å²) in [5, 5.41) is 1.46. The SMILES string of the molecule is Cc1c(CBr)c(Cl)cc2nc(C(C)(C)C)oc12. The van der Waals surface area contributed by atoms with Crippen LogP contribution in [-0.4, -0.2) is 4.98 Å². The molecule has 0 aliphatic rings.